The first kappa shape index (κ1) is 17.3. The molecule has 1 saturated carbocycles. The van der Waals surface area contributed by atoms with Crippen LogP contribution in [-0.2, 0) is 7.05 Å². The molecule has 5 nitrogen and oxygen atoms in total. The molecule has 2 aliphatic rings. The number of rotatable bonds is 4. The zero-order chi connectivity index (χ0) is 17.5. The minimum atomic E-state index is -4.47. The van der Waals surface area contributed by atoms with Crippen molar-refractivity contribution >= 4 is 5.91 Å². The minimum absolute atomic E-state index is 0.122. The van der Waals surface area contributed by atoms with Crippen LogP contribution in [0, 0.1) is 0 Å². The summed E-state index contributed by atoms with van der Waals surface area (Å²) in [7, 11) is 1.60. The van der Waals surface area contributed by atoms with E-state index in [4.69, 9.17) is 0 Å². The maximum Gasteiger partial charge on any atom is 0.411 e. The molecule has 1 N–H and O–H groups in total. The van der Waals surface area contributed by atoms with Crippen molar-refractivity contribution in [3.05, 3.63) is 17.5 Å². The van der Waals surface area contributed by atoms with Crippen LogP contribution in [0.15, 0.2) is 6.07 Å². The maximum absolute atomic E-state index is 13.7. The van der Waals surface area contributed by atoms with Crippen LogP contribution >= 0.6 is 0 Å². The van der Waals surface area contributed by atoms with Crippen molar-refractivity contribution in [1.82, 2.24) is 20.0 Å². The van der Waals surface area contributed by atoms with Gasteiger partial charge in [0.2, 0.25) is 0 Å². The van der Waals surface area contributed by atoms with Crippen LogP contribution in [0.25, 0.3) is 0 Å². The second-order valence-corrected chi connectivity index (χ2v) is 6.82. The number of alkyl halides is 3. The molecule has 0 spiro atoms. The Morgan fingerprint density at radius 1 is 1.38 bits per heavy atom. The lowest BCUT2D eigenvalue weighted by atomic mass is 9.86. The molecule has 134 valence electrons. The molecular formula is C16H23F3N4O. The first-order valence-electron chi connectivity index (χ1n) is 8.41. The van der Waals surface area contributed by atoms with Gasteiger partial charge in [0.1, 0.15) is 11.2 Å². The number of aromatic nitrogens is 2. The molecule has 2 fully saturated rings. The lowest BCUT2D eigenvalue weighted by molar-refractivity contribution is -0.205. The van der Waals surface area contributed by atoms with E-state index in [9.17, 15) is 18.0 Å². The van der Waals surface area contributed by atoms with Crippen molar-refractivity contribution in [2.24, 2.45) is 7.05 Å². The standard InChI is InChI=1S/C16H23F3N4O/c1-3-23-8-6-15(7-9-23,16(17,18)19)20-14(24)13-10-12(11-4-5-11)21-22(13)2/h10-11H,3-9H2,1-2H3,(H,20,24). The predicted molar refractivity (Wildman–Crippen MR) is 82.8 cm³/mol. The van der Waals surface area contributed by atoms with Crippen molar-refractivity contribution in [2.45, 2.75) is 50.2 Å². The molecule has 8 heteroatoms. The molecule has 0 aromatic carbocycles. The van der Waals surface area contributed by atoms with Gasteiger partial charge in [-0.1, -0.05) is 6.92 Å². The Morgan fingerprint density at radius 2 is 2.00 bits per heavy atom. The fourth-order valence-corrected chi connectivity index (χ4v) is 3.29. The Hall–Kier alpha value is -1.57. The van der Waals surface area contributed by atoms with Gasteiger partial charge in [-0.25, -0.2) is 0 Å². The van der Waals surface area contributed by atoms with Gasteiger partial charge in [-0.05, 0) is 38.3 Å². The van der Waals surface area contributed by atoms with Crippen molar-refractivity contribution in [2.75, 3.05) is 19.6 Å². The summed E-state index contributed by atoms with van der Waals surface area (Å²) in [6.07, 6.45) is -2.66. The van der Waals surface area contributed by atoms with E-state index < -0.39 is 17.6 Å². The number of hydrogen-bond acceptors (Lipinski definition) is 3. The molecule has 1 aliphatic carbocycles. The first-order valence-corrected chi connectivity index (χ1v) is 8.41. The van der Waals surface area contributed by atoms with E-state index in [1.54, 1.807) is 13.1 Å². The topological polar surface area (TPSA) is 50.2 Å². The Labute approximate surface area is 139 Å². The van der Waals surface area contributed by atoms with E-state index in [1.807, 2.05) is 11.8 Å². The summed E-state index contributed by atoms with van der Waals surface area (Å²) >= 11 is 0. The lowest BCUT2D eigenvalue weighted by Gasteiger charge is -2.43. The van der Waals surface area contributed by atoms with Crippen molar-refractivity contribution in [3.63, 3.8) is 0 Å². The average molecular weight is 344 g/mol. The van der Waals surface area contributed by atoms with Crippen LogP contribution in [0.3, 0.4) is 0 Å². The normalized spacial score (nSPS) is 21.7. The number of nitrogens with zero attached hydrogens (tertiary/aromatic N) is 3. The number of piperidine rings is 1. The van der Waals surface area contributed by atoms with Crippen LogP contribution in [0.2, 0.25) is 0 Å². The number of likely N-dealkylation sites (tertiary alicyclic amines) is 1. The largest absolute Gasteiger partial charge is 0.411 e. The van der Waals surface area contributed by atoms with Gasteiger partial charge in [0.15, 0.2) is 0 Å². The molecule has 0 radical (unpaired) electrons. The van der Waals surface area contributed by atoms with Gasteiger partial charge in [0.05, 0.1) is 5.69 Å². The third-order valence-electron chi connectivity index (χ3n) is 5.18. The van der Waals surface area contributed by atoms with Crippen molar-refractivity contribution < 1.29 is 18.0 Å². The van der Waals surface area contributed by atoms with E-state index in [-0.39, 0.29) is 18.5 Å². The van der Waals surface area contributed by atoms with Gasteiger partial charge in [-0.15, -0.1) is 0 Å². The van der Waals surface area contributed by atoms with Gasteiger partial charge in [-0.2, -0.15) is 18.3 Å². The van der Waals surface area contributed by atoms with Crippen LogP contribution in [0.1, 0.15) is 54.7 Å². The Balaban J connectivity index is 1.79. The molecule has 0 bridgehead atoms. The molecule has 1 aromatic heterocycles. The Kier molecular flexibility index (Phi) is 4.36. The Morgan fingerprint density at radius 3 is 2.50 bits per heavy atom. The predicted octanol–water partition coefficient (Wildman–Crippen LogP) is 2.44. The molecule has 3 rings (SSSR count). The zero-order valence-corrected chi connectivity index (χ0v) is 14.0. The van der Waals surface area contributed by atoms with Gasteiger partial charge in [0, 0.05) is 26.1 Å². The van der Waals surface area contributed by atoms with Gasteiger partial charge < -0.3 is 10.2 Å². The van der Waals surface area contributed by atoms with Crippen LogP contribution in [0.4, 0.5) is 13.2 Å². The third kappa shape index (κ3) is 3.16. The smallest absolute Gasteiger partial charge is 0.336 e. The summed E-state index contributed by atoms with van der Waals surface area (Å²) in [5.41, 5.74) is -1.16. The van der Waals surface area contributed by atoms with E-state index >= 15 is 0 Å². The van der Waals surface area contributed by atoms with Gasteiger partial charge in [-0.3, -0.25) is 9.48 Å². The third-order valence-corrected chi connectivity index (χ3v) is 5.18. The highest BCUT2D eigenvalue weighted by Crippen LogP contribution is 2.40. The molecule has 1 aliphatic heterocycles. The van der Waals surface area contributed by atoms with Crippen molar-refractivity contribution in [3.8, 4) is 0 Å². The number of carbonyl (C=O) groups is 1. The second kappa shape index (κ2) is 6.06. The molecular weight excluding hydrogens is 321 g/mol. The number of nitrogens with one attached hydrogen (secondary N) is 1. The molecule has 0 unspecified atom stereocenters. The summed E-state index contributed by atoms with van der Waals surface area (Å²) in [5, 5.41) is 6.56. The fourth-order valence-electron chi connectivity index (χ4n) is 3.29. The van der Waals surface area contributed by atoms with Crippen LogP contribution < -0.4 is 5.32 Å². The number of hydrogen-bond donors (Lipinski definition) is 1. The first-order chi connectivity index (χ1) is 11.3. The Bertz CT molecular complexity index is 613. The molecule has 24 heavy (non-hydrogen) atoms. The quantitative estimate of drug-likeness (QED) is 0.913. The highest BCUT2D eigenvalue weighted by atomic mass is 19.4. The van der Waals surface area contributed by atoms with Crippen LogP contribution in [-0.4, -0.2) is 51.9 Å². The minimum Gasteiger partial charge on any atom is -0.336 e. The highest BCUT2D eigenvalue weighted by Gasteiger charge is 2.56. The summed E-state index contributed by atoms with van der Waals surface area (Å²) in [4.78, 5) is 14.5. The average Bonchev–Trinajstić information content (AvgIpc) is 3.29. The van der Waals surface area contributed by atoms with E-state index in [0.29, 0.717) is 25.6 Å². The number of carbonyl (C=O) groups excluding carboxylic acids is 1. The molecule has 1 saturated heterocycles. The lowest BCUT2D eigenvalue weighted by Crippen LogP contribution is -2.63. The highest BCUT2D eigenvalue weighted by molar-refractivity contribution is 5.93. The van der Waals surface area contributed by atoms with Gasteiger partial charge >= 0.3 is 6.18 Å². The van der Waals surface area contributed by atoms with Crippen LogP contribution in [0.5, 0.6) is 0 Å². The summed E-state index contributed by atoms with van der Waals surface area (Å²) < 4.78 is 42.5. The second-order valence-electron chi connectivity index (χ2n) is 6.82. The molecule has 1 amide bonds. The van der Waals surface area contributed by atoms with E-state index in [2.05, 4.69) is 10.4 Å². The zero-order valence-electron chi connectivity index (χ0n) is 14.0. The van der Waals surface area contributed by atoms with Crippen molar-refractivity contribution in [1.29, 1.82) is 0 Å². The summed E-state index contributed by atoms with van der Waals surface area (Å²) in [6.45, 7) is 3.30. The molecule has 1 aromatic rings. The monoisotopic (exact) mass is 344 g/mol. The summed E-state index contributed by atoms with van der Waals surface area (Å²) in [6, 6.07) is 1.62. The number of halogens is 3. The van der Waals surface area contributed by atoms with Gasteiger partial charge in [0.25, 0.3) is 5.91 Å². The summed E-state index contributed by atoms with van der Waals surface area (Å²) in [5.74, 6) is -0.346. The van der Waals surface area contributed by atoms with E-state index in [1.165, 1.54) is 4.68 Å². The maximum atomic E-state index is 13.7. The van der Waals surface area contributed by atoms with E-state index in [0.717, 1.165) is 18.5 Å². The number of amides is 1. The molecule has 0 atom stereocenters. The fraction of sp³-hybridized carbons (Fsp3) is 0.750. The SMILES string of the molecule is CCN1CCC(NC(=O)c2cc(C3CC3)nn2C)(C(F)(F)F)CC1. The molecule has 2 heterocycles. The number of aryl methyl sites for hydroxylation is 1.